The Morgan fingerprint density at radius 1 is 1.53 bits per heavy atom. The number of hydrogen-bond acceptors (Lipinski definition) is 5. The van der Waals surface area contributed by atoms with Crippen LogP contribution in [0.3, 0.4) is 0 Å². The Kier molecular flexibility index (Phi) is 5.74. The molecule has 1 amide bonds. The number of methoxy groups -OCH3 is 1. The summed E-state index contributed by atoms with van der Waals surface area (Å²) in [5.74, 6) is -0.891. The lowest BCUT2D eigenvalue weighted by Gasteiger charge is -2.03. The van der Waals surface area contributed by atoms with Gasteiger partial charge in [-0.25, -0.2) is 9.48 Å². The van der Waals surface area contributed by atoms with Crippen molar-refractivity contribution in [1.29, 1.82) is 0 Å². The SMILES string of the molecule is CCOC(=O)/C=C(\C)NC(=O)c1ccn(COC)n1. The number of carbonyl (C=O) groups excluding carboxylic acids is 2. The molecule has 0 aromatic carbocycles. The van der Waals surface area contributed by atoms with Crippen molar-refractivity contribution in [1.82, 2.24) is 15.1 Å². The van der Waals surface area contributed by atoms with E-state index in [-0.39, 0.29) is 19.0 Å². The largest absolute Gasteiger partial charge is 0.463 e. The van der Waals surface area contributed by atoms with Crippen molar-refractivity contribution in [2.75, 3.05) is 13.7 Å². The molecule has 0 bridgehead atoms. The summed E-state index contributed by atoms with van der Waals surface area (Å²) in [7, 11) is 1.54. The lowest BCUT2D eigenvalue weighted by molar-refractivity contribution is -0.137. The first-order valence-electron chi connectivity index (χ1n) is 5.75. The standard InChI is InChI=1S/C12H17N3O4/c1-4-19-11(16)7-9(2)13-12(17)10-5-6-15(14-10)8-18-3/h5-7H,4,8H2,1-3H3,(H,13,17)/b9-7+. The number of nitrogens with one attached hydrogen (secondary N) is 1. The quantitative estimate of drug-likeness (QED) is 0.605. The van der Waals surface area contributed by atoms with Crippen LogP contribution >= 0.6 is 0 Å². The van der Waals surface area contributed by atoms with Gasteiger partial charge in [0.15, 0.2) is 5.69 Å². The van der Waals surface area contributed by atoms with Crippen LogP contribution in [-0.4, -0.2) is 35.4 Å². The van der Waals surface area contributed by atoms with Crippen LogP contribution in [0.2, 0.25) is 0 Å². The second-order valence-corrected chi connectivity index (χ2v) is 3.69. The molecule has 1 rings (SSSR count). The molecule has 0 unspecified atom stereocenters. The minimum absolute atomic E-state index is 0.244. The van der Waals surface area contributed by atoms with Crippen molar-refractivity contribution >= 4 is 11.9 Å². The van der Waals surface area contributed by atoms with Crippen LogP contribution in [0.15, 0.2) is 24.0 Å². The number of aromatic nitrogens is 2. The first-order chi connectivity index (χ1) is 9.06. The van der Waals surface area contributed by atoms with E-state index in [0.717, 1.165) is 0 Å². The summed E-state index contributed by atoms with van der Waals surface area (Å²) in [6.07, 6.45) is 2.84. The van der Waals surface area contributed by atoms with Gasteiger partial charge in [-0.05, 0) is 19.9 Å². The third-order valence-corrected chi connectivity index (χ3v) is 2.07. The van der Waals surface area contributed by atoms with E-state index in [1.165, 1.54) is 17.9 Å². The first kappa shape index (κ1) is 14.9. The molecule has 0 atom stereocenters. The van der Waals surface area contributed by atoms with Crippen LogP contribution in [-0.2, 0) is 21.0 Å². The predicted molar refractivity (Wildman–Crippen MR) is 67.1 cm³/mol. The Morgan fingerprint density at radius 3 is 2.89 bits per heavy atom. The molecule has 0 saturated heterocycles. The highest BCUT2D eigenvalue weighted by atomic mass is 16.5. The number of amides is 1. The Hall–Kier alpha value is -2.15. The van der Waals surface area contributed by atoms with Crippen LogP contribution in [0.1, 0.15) is 24.3 Å². The monoisotopic (exact) mass is 267 g/mol. The highest BCUT2D eigenvalue weighted by Gasteiger charge is 2.10. The summed E-state index contributed by atoms with van der Waals surface area (Å²) >= 11 is 0. The van der Waals surface area contributed by atoms with E-state index in [1.807, 2.05) is 0 Å². The molecule has 0 spiro atoms. The fourth-order valence-corrected chi connectivity index (χ4v) is 1.33. The molecule has 7 heteroatoms. The van der Waals surface area contributed by atoms with Gasteiger partial charge in [0.1, 0.15) is 6.73 Å². The van der Waals surface area contributed by atoms with Gasteiger partial charge in [-0.15, -0.1) is 0 Å². The summed E-state index contributed by atoms with van der Waals surface area (Å²) in [4.78, 5) is 23.0. The molecule has 0 aliphatic rings. The molecule has 1 N–H and O–H groups in total. The molecule has 0 saturated carbocycles. The summed E-state index contributed by atoms with van der Waals surface area (Å²) in [5, 5.41) is 6.55. The normalized spacial score (nSPS) is 11.2. The maximum absolute atomic E-state index is 11.8. The average molecular weight is 267 g/mol. The summed E-state index contributed by atoms with van der Waals surface area (Å²) in [6, 6.07) is 1.56. The van der Waals surface area contributed by atoms with Gasteiger partial charge in [0.05, 0.1) is 6.61 Å². The molecular weight excluding hydrogens is 250 g/mol. The first-order valence-corrected chi connectivity index (χ1v) is 5.75. The predicted octanol–water partition coefficient (Wildman–Crippen LogP) is 0.684. The number of ether oxygens (including phenoxy) is 2. The fraction of sp³-hybridized carbons (Fsp3) is 0.417. The van der Waals surface area contributed by atoms with E-state index < -0.39 is 11.9 Å². The second kappa shape index (κ2) is 7.32. The number of allylic oxidation sites excluding steroid dienone is 1. The van der Waals surface area contributed by atoms with Gasteiger partial charge in [0.2, 0.25) is 0 Å². The van der Waals surface area contributed by atoms with Gasteiger partial charge in [0, 0.05) is 25.1 Å². The molecule has 7 nitrogen and oxygen atoms in total. The van der Waals surface area contributed by atoms with Crippen LogP contribution in [0.5, 0.6) is 0 Å². The Bertz CT molecular complexity index is 479. The lowest BCUT2D eigenvalue weighted by atomic mass is 10.3. The summed E-state index contributed by atoms with van der Waals surface area (Å²) < 4.78 is 11.1. The number of hydrogen-bond donors (Lipinski definition) is 1. The topological polar surface area (TPSA) is 82.5 Å². The molecule has 0 aliphatic carbocycles. The summed E-state index contributed by atoms with van der Waals surface area (Å²) in [5.41, 5.74) is 0.637. The van der Waals surface area contributed by atoms with E-state index in [0.29, 0.717) is 5.70 Å². The zero-order valence-corrected chi connectivity index (χ0v) is 11.2. The zero-order chi connectivity index (χ0) is 14.3. The third-order valence-electron chi connectivity index (χ3n) is 2.07. The van der Waals surface area contributed by atoms with Gasteiger partial charge >= 0.3 is 5.97 Å². The van der Waals surface area contributed by atoms with Gasteiger partial charge in [0.25, 0.3) is 5.91 Å². The van der Waals surface area contributed by atoms with E-state index in [2.05, 4.69) is 10.4 Å². The Labute approximate surface area is 111 Å². The van der Waals surface area contributed by atoms with Gasteiger partial charge in [-0.3, -0.25) is 4.79 Å². The average Bonchev–Trinajstić information content (AvgIpc) is 2.78. The number of nitrogens with zero attached hydrogens (tertiary/aromatic N) is 2. The van der Waals surface area contributed by atoms with Crippen LogP contribution in [0.25, 0.3) is 0 Å². The number of carbonyl (C=O) groups is 2. The molecule has 1 heterocycles. The second-order valence-electron chi connectivity index (χ2n) is 3.69. The molecule has 1 aromatic heterocycles. The maximum Gasteiger partial charge on any atom is 0.332 e. The third kappa shape index (κ3) is 4.92. The van der Waals surface area contributed by atoms with Crippen molar-refractivity contribution in [3.63, 3.8) is 0 Å². The molecule has 104 valence electrons. The Morgan fingerprint density at radius 2 is 2.26 bits per heavy atom. The van der Waals surface area contributed by atoms with Gasteiger partial charge < -0.3 is 14.8 Å². The maximum atomic E-state index is 11.8. The van der Waals surface area contributed by atoms with Gasteiger partial charge in [-0.2, -0.15) is 5.10 Å². The minimum atomic E-state index is -0.495. The highest BCUT2D eigenvalue weighted by molar-refractivity contribution is 5.94. The molecule has 1 aromatic rings. The minimum Gasteiger partial charge on any atom is -0.463 e. The molecule has 0 radical (unpaired) electrons. The van der Waals surface area contributed by atoms with Crippen molar-refractivity contribution in [2.24, 2.45) is 0 Å². The van der Waals surface area contributed by atoms with Crippen LogP contribution < -0.4 is 5.32 Å². The van der Waals surface area contributed by atoms with Crippen LogP contribution in [0.4, 0.5) is 0 Å². The fourth-order valence-electron chi connectivity index (χ4n) is 1.33. The summed E-state index contributed by atoms with van der Waals surface area (Å²) in [6.45, 7) is 3.87. The molecule has 0 aliphatic heterocycles. The van der Waals surface area contributed by atoms with Crippen molar-refractivity contribution in [3.8, 4) is 0 Å². The molecule has 19 heavy (non-hydrogen) atoms. The molecule has 0 fully saturated rings. The van der Waals surface area contributed by atoms with Crippen molar-refractivity contribution in [2.45, 2.75) is 20.6 Å². The van der Waals surface area contributed by atoms with Crippen molar-refractivity contribution < 1.29 is 19.1 Å². The van der Waals surface area contributed by atoms with Crippen molar-refractivity contribution in [3.05, 3.63) is 29.7 Å². The van der Waals surface area contributed by atoms with Crippen LogP contribution in [0, 0.1) is 0 Å². The van der Waals surface area contributed by atoms with E-state index in [4.69, 9.17) is 9.47 Å². The zero-order valence-electron chi connectivity index (χ0n) is 11.2. The number of esters is 1. The van der Waals surface area contributed by atoms with E-state index >= 15 is 0 Å². The lowest BCUT2D eigenvalue weighted by Crippen LogP contribution is -2.23. The highest BCUT2D eigenvalue weighted by Crippen LogP contribution is 1.98. The molecular formula is C12H17N3O4. The van der Waals surface area contributed by atoms with Gasteiger partial charge in [-0.1, -0.05) is 0 Å². The van der Waals surface area contributed by atoms with E-state index in [9.17, 15) is 9.59 Å². The number of rotatable bonds is 6. The van der Waals surface area contributed by atoms with E-state index in [1.54, 1.807) is 26.1 Å². The Balaban J connectivity index is 2.60. The smallest absolute Gasteiger partial charge is 0.332 e.